The van der Waals surface area contributed by atoms with Crippen molar-refractivity contribution in [2.24, 2.45) is 5.92 Å². The van der Waals surface area contributed by atoms with Crippen molar-refractivity contribution in [1.29, 1.82) is 0 Å². The van der Waals surface area contributed by atoms with Crippen molar-refractivity contribution in [3.63, 3.8) is 0 Å². The first-order valence-corrected chi connectivity index (χ1v) is 6.99. The van der Waals surface area contributed by atoms with Gasteiger partial charge < -0.3 is 5.32 Å². The number of carbonyl (C=O) groups excluding carboxylic acids is 1. The number of amides is 1. The van der Waals surface area contributed by atoms with Gasteiger partial charge in [-0.2, -0.15) is 0 Å². The lowest BCUT2D eigenvalue weighted by Gasteiger charge is -2.25. The van der Waals surface area contributed by atoms with Crippen LogP contribution in [0.5, 0.6) is 0 Å². The molecular weight excluding hydrogens is 280 g/mol. The summed E-state index contributed by atoms with van der Waals surface area (Å²) in [7, 11) is 0. The van der Waals surface area contributed by atoms with Crippen LogP contribution < -0.4 is 5.32 Å². The van der Waals surface area contributed by atoms with Crippen LogP contribution in [0.15, 0.2) is 24.5 Å². The van der Waals surface area contributed by atoms with Gasteiger partial charge in [0.15, 0.2) is 0 Å². The number of nitrogens with zero attached hydrogens (tertiary/aromatic N) is 1. The number of aromatic nitrogens is 1. The van der Waals surface area contributed by atoms with Crippen LogP contribution in [-0.4, -0.2) is 22.3 Å². The predicted molar refractivity (Wildman–Crippen MR) is 71.2 cm³/mol. The number of nitrogens with one attached hydrogen (secondary N) is 1. The molecule has 1 amide bonds. The summed E-state index contributed by atoms with van der Waals surface area (Å²) in [5.74, 6) is 0.642. The summed E-state index contributed by atoms with van der Waals surface area (Å²) in [6, 6.07) is 3.48. The van der Waals surface area contributed by atoms with Crippen LogP contribution in [0.25, 0.3) is 0 Å². The Morgan fingerprint density at radius 1 is 1.29 bits per heavy atom. The zero-order valence-electron chi connectivity index (χ0n) is 9.73. The van der Waals surface area contributed by atoms with Crippen LogP contribution in [0.4, 0.5) is 0 Å². The molecular formula is C13H17BrN2O. The van der Waals surface area contributed by atoms with Gasteiger partial charge in [-0.15, -0.1) is 0 Å². The minimum absolute atomic E-state index is 0.00775. The molecule has 0 bridgehead atoms. The molecule has 1 N–H and O–H groups in total. The Morgan fingerprint density at radius 3 is 2.59 bits per heavy atom. The third-order valence-corrected chi connectivity index (χ3v) is 4.19. The molecule has 92 valence electrons. The third-order valence-electron chi connectivity index (χ3n) is 3.27. The summed E-state index contributed by atoms with van der Waals surface area (Å²) in [4.78, 5) is 16.4. The lowest BCUT2D eigenvalue weighted by atomic mass is 9.89. The highest BCUT2D eigenvalue weighted by molar-refractivity contribution is 9.09. The van der Waals surface area contributed by atoms with Crippen LogP contribution in [0.1, 0.15) is 36.0 Å². The highest BCUT2D eigenvalue weighted by Gasteiger charge is 2.19. The molecule has 4 heteroatoms. The molecule has 1 aromatic rings. The van der Waals surface area contributed by atoms with Crippen LogP contribution in [0.2, 0.25) is 0 Å². The minimum Gasteiger partial charge on any atom is -0.352 e. The molecule has 1 aliphatic carbocycles. The highest BCUT2D eigenvalue weighted by Crippen LogP contribution is 2.28. The monoisotopic (exact) mass is 296 g/mol. The molecule has 0 spiro atoms. The number of alkyl halides is 1. The number of hydrogen-bond donors (Lipinski definition) is 1. The fraction of sp³-hybridized carbons (Fsp3) is 0.538. The van der Waals surface area contributed by atoms with Gasteiger partial charge in [0.05, 0.1) is 0 Å². The average Bonchev–Trinajstić information content (AvgIpc) is 2.39. The van der Waals surface area contributed by atoms with Crippen molar-refractivity contribution >= 4 is 21.8 Å². The van der Waals surface area contributed by atoms with Gasteiger partial charge in [0.1, 0.15) is 0 Å². The van der Waals surface area contributed by atoms with E-state index in [-0.39, 0.29) is 5.91 Å². The molecule has 2 rings (SSSR count). The molecule has 0 aromatic carbocycles. The van der Waals surface area contributed by atoms with Gasteiger partial charge in [-0.05, 0) is 43.7 Å². The molecule has 1 heterocycles. The van der Waals surface area contributed by atoms with E-state index in [9.17, 15) is 4.79 Å². The first kappa shape index (κ1) is 12.6. The van der Waals surface area contributed by atoms with E-state index < -0.39 is 0 Å². The van der Waals surface area contributed by atoms with Crippen molar-refractivity contribution in [2.45, 2.75) is 30.5 Å². The first-order valence-electron chi connectivity index (χ1n) is 6.08. The Kier molecular flexibility index (Phi) is 4.54. The number of rotatable bonds is 3. The van der Waals surface area contributed by atoms with Crippen molar-refractivity contribution < 1.29 is 4.79 Å². The van der Waals surface area contributed by atoms with E-state index in [4.69, 9.17) is 0 Å². The van der Waals surface area contributed by atoms with Crippen LogP contribution in [0, 0.1) is 5.92 Å². The van der Waals surface area contributed by atoms with Crippen LogP contribution in [-0.2, 0) is 0 Å². The van der Waals surface area contributed by atoms with E-state index in [1.54, 1.807) is 24.5 Å². The zero-order valence-corrected chi connectivity index (χ0v) is 11.3. The van der Waals surface area contributed by atoms with E-state index >= 15 is 0 Å². The molecule has 3 nitrogen and oxygen atoms in total. The average molecular weight is 297 g/mol. The molecule has 1 saturated carbocycles. The maximum absolute atomic E-state index is 11.8. The second-order valence-electron chi connectivity index (χ2n) is 4.56. The number of hydrogen-bond acceptors (Lipinski definition) is 2. The zero-order chi connectivity index (χ0) is 12.1. The molecule has 0 radical (unpaired) electrons. The summed E-state index contributed by atoms with van der Waals surface area (Å²) < 4.78 is 0. The first-order chi connectivity index (χ1) is 8.25. The Balaban J connectivity index is 1.77. The predicted octanol–water partition coefficient (Wildman–Crippen LogP) is 2.77. The number of carbonyl (C=O) groups is 1. The fourth-order valence-electron chi connectivity index (χ4n) is 2.17. The second kappa shape index (κ2) is 6.15. The molecule has 0 saturated heterocycles. The van der Waals surface area contributed by atoms with E-state index in [1.165, 1.54) is 25.7 Å². The molecule has 0 unspecified atom stereocenters. The summed E-state index contributed by atoms with van der Waals surface area (Å²) >= 11 is 3.64. The van der Waals surface area contributed by atoms with Gasteiger partial charge in [0, 0.05) is 29.3 Å². The lowest BCUT2D eigenvalue weighted by Crippen LogP contribution is -2.31. The molecule has 1 aliphatic rings. The van der Waals surface area contributed by atoms with Gasteiger partial charge in [-0.1, -0.05) is 15.9 Å². The van der Waals surface area contributed by atoms with Crippen LogP contribution in [0.3, 0.4) is 0 Å². The van der Waals surface area contributed by atoms with Gasteiger partial charge >= 0.3 is 0 Å². The fourth-order valence-corrected chi connectivity index (χ4v) is 2.70. The highest BCUT2D eigenvalue weighted by atomic mass is 79.9. The Hall–Kier alpha value is -0.900. The van der Waals surface area contributed by atoms with Crippen molar-refractivity contribution in [3.05, 3.63) is 30.1 Å². The van der Waals surface area contributed by atoms with Gasteiger partial charge in [0.25, 0.3) is 5.91 Å². The maximum atomic E-state index is 11.8. The van der Waals surface area contributed by atoms with Crippen LogP contribution >= 0.6 is 15.9 Å². The smallest absolute Gasteiger partial charge is 0.251 e. The molecule has 1 aromatic heterocycles. The van der Waals surface area contributed by atoms with E-state index in [0.717, 1.165) is 6.54 Å². The van der Waals surface area contributed by atoms with E-state index in [0.29, 0.717) is 16.3 Å². The summed E-state index contributed by atoms with van der Waals surface area (Å²) in [6.45, 7) is 0.793. The number of pyridine rings is 1. The van der Waals surface area contributed by atoms with Crippen molar-refractivity contribution in [2.75, 3.05) is 6.54 Å². The van der Waals surface area contributed by atoms with Crippen molar-refractivity contribution in [1.82, 2.24) is 10.3 Å². The maximum Gasteiger partial charge on any atom is 0.251 e. The molecule has 0 atom stereocenters. The van der Waals surface area contributed by atoms with Gasteiger partial charge in [0.2, 0.25) is 0 Å². The van der Waals surface area contributed by atoms with Gasteiger partial charge in [-0.25, -0.2) is 0 Å². The summed E-state index contributed by atoms with van der Waals surface area (Å²) in [6.07, 6.45) is 8.13. The Morgan fingerprint density at radius 2 is 1.94 bits per heavy atom. The normalized spacial score (nSPS) is 24.3. The SMILES string of the molecule is O=C(NCC1CCC(Br)CC1)c1ccncc1. The minimum atomic E-state index is 0.00775. The van der Waals surface area contributed by atoms with Crippen molar-refractivity contribution in [3.8, 4) is 0 Å². The lowest BCUT2D eigenvalue weighted by molar-refractivity contribution is 0.0943. The largest absolute Gasteiger partial charge is 0.352 e. The van der Waals surface area contributed by atoms with Gasteiger partial charge in [-0.3, -0.25) is 9.78 Å². The topological polar surface area (TPSA) is 42.0 Å². The molecule has 0 aliphatic heterocycles. The third kappa shape index (κ3) is 3.80. The summed E-state index contributed by atoms with van der Waals surface area (Å²) in [5, 5.41) is 3.00. The Labute approximate surface area is 110 Å². The van der Waals surface area contributed by atoms with E-state index in [2.05, 4.69) is 26.2 Å². The standard InChI is InChI=1S/C13H17BrN2O/c14-12-3-1-10(2-4-12)9-16-13(17)11-5-7-15-8-6-11/h5-8,10,12H,1-4,9H2,(H,16,17). The van der Waals surface area contributed by atoms with E-state index in [1.807, 2.05) is 0 Å². The second-order valence-corrected chi connectivity index (χ2v) is 5.86. The molecule has 1 fully saturated rings. The number of halogens is 1. The Bertz CT molecular complexity index is 361. The quantitative estimate of drug-likeness (QED) is 0.872. The molecule has 17 heavy (non-hydrogen) atoms. The summed E-state index contributed by atoms with van der Waals surface area (Å²) in [5.41, 5.74) is 0.689.